The zero-order chi connectivity index (χ0) is 12.5. The Labute approximate surface area is 106 Å². The maximum atomic E-state index is 10.6. The highest BCUT2D eigenvalue weighted by Crippen LogP contribution is 2.63. The molecule has 0 spiro atoms. The van der Waals surface area contributed by atoms with Crippen LogP contribution in [0.5, 0.6) is 11.5 Å². The van der Waals surface area contributed by atoms with Gasteiger partial charge in [0.25, 0.3) is 0 Å². The van der Waals surface area contributed by atoms with E-state index in [0.717, 1.165) is 41.2 Å². The van der Waals surface area contributed by atoms with Crippen molar-refractivity contribution in [2.24, 2.45) is 0 Å². The zero-order valence-electron chi connectivity index (χ0n) is 10.4. The maximum Gasteiger partial charge on any atom is 0.127 e. The smallest absolute Gasteiger partial charge is 0.127 e. The molecular weight excluding hydrogens is 224 g/mol. The first-order valence-electron chi connectivity index (χ1n) is 6.59. The molecule has 2 atom stereocenters. The Balaban J connectivity index is 2.20. The number of rotatable bonds is 0. The Morgan fingerprint density at radius 3 is 2.50 bits per heavy atom. The molecule has 0 saturated heterocycles. The van der Waals surface area contributed by atoms with Gasteiger partial charge in [0.05, 0.1) is 0 Å². The van der Waals surface area contributed by atoms with E-state index in [2.05, 4.69) is 6.92 Å². The molecule has 2 nitrogen and oxygen atoms in total. The summed E-state index contributed by atoms with van der Waals surface area (Å²) in [5.41, 5.74) is 2.08. The maximum absolute atomic E-state index is 10.6. The van der Waals surface area contributed by atoms with Crippen molar-refractivity contribution in [3.8, 4) is 11.5 Å². The van der Waals surface area contributed by atoms with Gasteiger partial charge in [-0.25, -0.2) is 0 Å². The minimum Gasteiger partial charge on any atom is -0.507 e. The van der Waals surface area contributed by atoms with Crippen molar-refractivity contribution in [3.05, 3.63) is 35.4 Å². The van der Waals surface area contributed by atoms with E-state index >= 15 is 0 Å². The average molecular weight is 240 g/mol. The van der Waals surface area contributed by atoms with Gasteiger partial charge in [0.1, 0.15) is 11.5 Å². The number of benzene rings is 2. The first-order valence-corrected chi connectivity index (χ1v) is 6.59. The third-order valence-electron chi connectivity index (χ3n) is 4.95. The van der Waals surface area contributed by atoms with Gasteiger partial charge in [-0.15, -0.1) is 0 Å². The van der Waals surface area contributed by atoms with Gasteiger partial charge in [-0.2, -0.15) is 0 Å². The van der Waals surface area contributed by atoms with Crippen molar-refractivity contribution in [1.29, 1.82) is 0 Å². The molecule has 2 bridgehead atoms. The lowest BCUT2D eigenvalue weighted by Crippen LogP contribution is -2.16. The van der Waals surface area contributed by atoms with Crippen LogP contribution in [0.1, 0.15) is 43.2 Å². The number of aromatic hydroxyl groups is 2. The summed E-state index contributed by atoms with van der Waals surface area (Å²) >= 11 is 0. The lowest BCUT2D eigenvalue weighted by molar-refractivity contribution is 0.427. The van der Waals surface area contributed by atoms with E-state index in [1.54, 1.807) is 0 Å². The van der Waals surface area contributed by atoms with Gasteiger partial charge in [0, 0.05) is 21.9 Å². The monoisotopic (exact) mass is 240 g/mol. The van der Waals surface area contributed by atoms with Gasteiger partial charge < -0.3 is 10.2 Å². The fourth-order valence-corrected chi connectivity index (χ4v) is 4.14. The van der Waals surface area contributed by atoms with Crippen molar-refractivity contribution in [2.75, 3.05) is 0 Å². The Bertz CT molecular complexity index is 674. The molecular formula is C16H16O2. The average Bonchev–Trinajstić information content (AvgIpc) is 2.89. The van der Waals surface area contributed by atoms with E-state index in [9.17, 15) is 10.2 Å². The predicted molar refractivity (Wildman–Crippen MR) is 71.2 cm³/mol. The molecule has 0 aromatic heterocycles. The SMILES string of the molecule is CC12CCC(C1)c1c2c(O)c2ccccc2c1O. The highest BCUT2D eigenvalue weighted by atomic mass is 16.3. The van der Waals surface area contributed by atoms with Crippen LogP contribution in [0.2, 0.25) is 0 Å². The van der Waals surface area contributed by atoms with Crippen LogP contribution in [0, 0.1) is 0 Å². The standard InChI is InChI=1S/C16H16O2/c1-16-7-6-9(8-16)12-13(16)15(18)11-5-3-2-4-10(11)14(12)17/h2-5,9,17-18H,6-8H2,1H3. The van der Waals surface area contributed by atoms with Gasteiger partial charge in [-0.05, 0) is 30.6 Å². The third-order valence-corrected chi connectivity index (χ3v) is 4.95. The minimum atomic E-state index is 0.0611. The molecule has 2 N–H and O–H groups in total. The molecule has 0 aliphatic heterocycles. The van der Waals surface area contributed by atoms with Crippen LogP contribution >= 0.6 is 0 Å². The van der Waals surface area contributed by atoms with Crippen LogP contribution in [0.4, 0.5) is 0 Å². The van der Waals surface area contributed by atoms with Crippen LogP contribution in [-0.4, -0.2) is 10.2 Å². The second-order valence-corrected chi connectivity index (χ2v) is 6.03. The van der Waals surface area contributed by atoms with Crippen molar-refractivity contribution >= 4 is 10.8 Å². The minimum absolute atomic E-state index is 0.0611. The van der Waals surface area contributed by atoms with Crippen LogP contribution < -0.4 is 0 Å². The summed E-state index contributed by atoms with van der Waals surface area (Å²) in [7, 11) is 0. The lowest BCUT2D eigenvalue weighted by Gasteiger charge is -2.26. The number of phenols is 2. The molecule has 1 fully saturated rings. The van der Waals surface area contributed by atoms with Gasteiger partial charge in [0.2, 0.25) is 0 Å². The summed E-state index contributed by atoms with van der Waals surface area (Å²) in [6.45, 7) is 2.22. The Morgan fingerprint density at radius 2 is 1.78 bits per heavy atom. The summed E-state index contributed by atoms with van der Waals surface area (Å²) in [6.07, 6.45) is 3.32. The van der Waals surface area contributed by atoms with E-state index in [1.165, 1.54) is 0 Å². The summed E-state index contributed by atoms with van der Waals surface area (Å²) in [6, 6.07) is 7.59. The van der Waals surface area contributed by atoms with E-state index < -0.39 is 0 Å². The topological polar surface area (TPSA) is 40.5 Å². The first-order chi connectivity index (χ1) is 8.62. The fraction of sp³-hybridized carbons (Fsp3) is 0.375. The molecule has 18 heavy (non-hydrogen) atoms. The van der Waals surface area contributed by atoms with Crippen molar-refractivity contribution < 1.29 is 10.2 Å². The number of fused-ring (bicyclic) bond motifs is 6. The zero-order valence-corrected chi connectivity index (χ0v) is 10.4. The normalized spacial score (nSPS) is 28.8. The van der Waals surface area contributed by atoms with Crippen LogP contribution in [-0.2, 0) is 5.41 Å². The second kappa shape index (κ2) is 3.00. The predicted octanol–water partition coefficient (Wildman–Crippen LogP) is 3.79. The summed E-state index contributed by atoms with van der Waals surface area (Å²) < 4.78 is 0. The van der Waals surface area contributed by atoms with Crippen molar-refractivity contribution in [1.82, 2.24) is 0 Å². The van der Waals surface area contributed by atoms with Gasteiger partial charge in [-0.3, -0.25) is 0 Å². The number of phenolic OH excluding ortho intramolecular Hbond substituents is 2. The third kappa shape index (κ3) is 1.000. The molecule has 2 heteroatoms. The summed E-state index contributed by atoms with van der Waals surface area (Å²) in [5.74, 6) is 1.22. The lowest BCUT2D eigenvalue weighted by atomic mass is 9.79. The van der Waals surface area contributed by atoms with E-state index in [4.69, 9.17) is 0 Å². The quantitative estimate of drug-likeness (QED) is 0.688. The summed E-state index contributed by atoms with van der Waals surface area (Å²) in [5, 5.41) is 22.7. The second-order valence-electron chi connectivity index (χ2n) is 6.03. The molecule has 2 aromatic carbocycles. The van der Waals surface area contributed by atoms with Crippen LogP contribution in [0.3, 0.4) is 0 Å². The van der Waals surface area contributed by atoms with Gasteiger partial charge in [-0.1, -0.05) is 31.2 Å². The summed E-state index contributed by atoms with van der Waals surface area (Å²) in [4.78, 5) is 0. The van der Waals surface area contributed by atoms with E-state index in [0.29, 0.717) is 17.4 Å². The molecule has 2 aliphatic rings. The molecule has 0 radical (unpaired) electrons. The molecule has 2 aromatic rings. The Kier molecular flexibility index (Phi) is 1.71. The first kappa shape index (κ1) is 10.2. The highest BCUT2D eigenvalue weighted by molar-refractivity contribution is 5.96. The fourth-order valence-electron chi connectivity index (χ4n) is 4.14. The van der Waals surface area contributed by atoms with Crippen LogP contribution in [0.15, 0.2) is 24.3 Å². The Morgan fingerprint density at radius 1 is 1.11 bits per heavy atom. The van der Waals surface area contributed by atoms with Gasteiger partial charge >= 0.3 is 0 Å². The van der Waals surface area contributed by atoms with E-state index in [1.807, 2.05) is 24.3 Å². The molecule has 0 heterocycles. The van der Waals surface area contributed by atoms with Gasteiger partial charge in [0.15, 0.2) is 0 Å². The molecule has 0 amide bonds. The van der Waals surface area contributed by atoms with Crippen molar-refractivity contribution in [3.63, 3.8) is 0 Å². The molecule has 2 aliphatic carbocycles. The molecule has 4 rings (SSSR count). The number of hydrogen-bond donors (Lipinski definition) is 2. The Hall–Kier alpha value is -1.70. The van der Waals surface area contributed by atoms with E-state index in [-0.39, 0.29) is 5.41 Å². The largest absolute Gasteiger partial charge is 0.507 e. The molecule has 92 valence electrons. The number of hydrogen-bond acceptors (Lipinski definition) is 2. The molecule has 2 unspecified atom stereocenters. The molecule has 1 saturated carbocycles. The van der Waals surface area contributed by atoms with Crippen molar-refractivity contribution in [2.45, 2.75) is 37.5 Å². The van der Waals surface area contributed by atoms with Crippen LogP contribution in [0.25, 0.3) is 10.8 Å². The highest BCUT2D eigenvalue weighted by Gasteiger charge is 2.49.